The molecule has 1 aromatic heterocycles. The number of rotatable bonds is 7. The molecule has 1 saturated heterocycles. The largest absolute Gasteiger partial charge is 0.346 e. The van der Waals surface area contributed by atoms with E-state index in [-0.39, 0.29) is 17.9 Å². The molecule has 6 heteroatoms. The van der Waals surface area contributed by atoms with Crippen molar-refractivity contribution >= 4 is 11.8 Å². The van der Waals surface area contributed by atoms with Crippen molar-refractivity contribution in [3.05, 3.63) is 18.2 Å². The number of likely N-dealkylation sites (tertiary alicyclic amines) is 1. The first kappa shape index (κ1) is 17.5. The molecule has 0 unspecified atom stereocenters. The Morgan fingerprint density at radius 3 is 2.91 bits per heavy atom. The lowest BCUT2D eigenvalue weighted by atomic mass is 10.1. The third kappa shape index (κ3) is 5.08. The molecule has 2 amide bonds. The van der Waals surface area contributed by atoms with E-state index in [0.29, 0.717) is 19.4 Å². The van der Waals surface area contributed by atoms with Crippen LogP contribution in [-0.2, 0) is 16.6 Å². The predicted molar refractivity (Wildman–Crippen MR) is 88.7 cm³/mol. The second-order valence-corrected chi connectivity index (χ2v) is 6.25. The lowest BCUT2D eigenvalue weighted by molar-refractivity contribution is -0.131. The molecule has 128 valence electrons. The van der Waals surface area contributed by atoms with Crippen molar-refractivity contribution in [1.29, 1.82) is 0 Å². The molecular weight excluding hydrogens is 292 g/mol. The number of aromatic nitrogens is 2. The van der Waals surface area contributed by atoms with E-state index < -0.39 is 0 Å². The summed E-state index contributed by atoms with van der Waals surface area (Å²) in [6.07, 6.45) is 9.57. The Balaban J connectivity index is 1.86. The quantitative estimate of drug-likeness (QED) is 0.837. The molecular formula is C17H28N4O2. The number of nitrogens with one attached hydrogen (secondary N) is 1. The average Bonchev–Trinajstić information content (AvgIpc) is 2.84. The molecule has 1 aliphatic heterocycles. The fourth-order valence-electron chi connectivity index (χ4n) is 3.05. The monoisotopic (exact) mass is 320 g/mol. The topological polar surface area (TPSA) is 67.2 Å². The van der Waals surface area contributed by atoms with Gasteiger partial charge in [-0.3, -0.25) is 9.59 Å². The Labute approximate surface area is 138 Å². The van der Waals surface area contributed by atoms with Gasteiger partial charge in [-0.15, -0.1) is 0 Å². The molecule has 0 radical (unpaired) electrons. The number of carbonyl (C=O) groups excluding carboxylic acids is 2. The summed E-state index contributed by atoms with van der Waals surface area (Å²) in [5, 5.41) is 3.07. The summed E-state index contributed by atoms with van der Waals surface area (Å²) < 4.78 is 1.94. The molecule has 1 N–H and O–H groups in total. The Morgan fingerprint density at radius 2 is 2.22 bits per heavy atom. The van der Waals surface area contributed by atoms with Crippen LogP contribution in [-0.4, -0.2) is 39.4 Å². The van der Waals surface area contributed by atoms with Crippen molar-refractivity contribution in [3.63, 3.8) is 0 Å². The van der Waals surface area contributed by atoms with Crippen LogP contribution in [0, 0.1) is 0 Å². The van der Waals surface area contributed by atoms with E-state index in [9.17, 15) is 9.59 Å². The Hall–Kier alpha value is -1.85. The summed E-state index contributed by atoms with van der Waals surface area (Å²) in [4.78, 5) is 30.4. The number of hydrogen-bond acceptors (Lipinski definition) is 3. The molecule has 1 atom stereocenters. The van der Waals surface area contributed by atoms with Gasteiger partial charge in [-0.2, -0.15) is 0 Å². The maximum Gasteiger partial charge on any atom is 0.222 e. The van der Waals surface area contributed by atoms with Crippen LogP contribution in [0.25, 0.3) is 0 Å². The van der Waals surface area contributed by atoms with Gasteiger partial charge in [-0.1, -0.05) is 19.8 Å². The number of hydrogen-bond donors (Lipinski definition) is 1. The third-order valence-electron chi connectivity index (χ3n) is 4.36. The molecule has 0 saturated carbocycles. The Bertz CT molecular complexity index is 526. The highest BCUT2D eigenvalue weighted by Crippen LogP contribution is 2.16. The van der Waals surface area contributed by atoms with Gasteiger partial charge in [0.05, 0.1) is 6.04 Å². The standard InChI is InChI=1S/C17H28N4O2/c1-3-7-14(17-18-10-13-20(17)2)19-15(22)9-12-21-11-6-4-5-8-16(21)23/h10,13-14H,3-9,11-12H2,1-2H3,(H,19,22)/t14-/m0/s1. The number of carbonyl (C=O) groups is 2. The summed E-state index contributed by atoms with van der Waals surface area (Å²) in [6.45, 7) is 3.39. The van der Waals surface area contributed by atoms with E-state index in [1.54, 1.807) is 6.20 Å². The zero-order chi connectivity index (χ0) is 16.7. The SMILES string of the molecule is CCC[C@H](NC(=O)CCN1CCCCCC1=O)c1nccn1C. The van der Waals surface area contributed by atoms with E-state index in [4.69, 9.17) is 0 Å². The minimum atomic E-state index is -0.0627. The molecule has 0 bridgehead atoms. The molecule has 0 aliphatic carbocycles. The zero-order valence-corrected chi connectivity index (χ0v) is 14.3. The van der Waals surface area contributed by atoms with Crippen molar-refractivity contribution in [2.75, 3.05) is 13.1 Å². The normalized spacial score (nSPS) is 17.0. The molecule has 0 aromatic carbocycles. The lowest BCUT2D eigenvalue weighted by Crippen LogP contribution is -2.36. The Kier molecular flexibility index (Phi) is 6.62. The second kappa shape index (κ2) is 8.70. The number of imidazole rings is 1. The van der Waals surface area contributed by atoms with Crippen molar-refractivity contribution in [2.24, 2.45) is 7.05 Å². The maximum absolute atomic E-state index is 12.3. The van der Waals surface area contributed by atoms with Crippen LogP contribution in [0.2, 0.25) is 0 Å². The highest BCUT2D eigenvalue weighted by Gasteiger charge is 2.20. The summed E-state index contributed by atoms with van der Waals surface area (Å²) in [6, 6.07) is -0.0627. The van der Waals surface area contributed by atoms with Gasteiger partial charge in [0.15, 0.2) is 0 Å². The van der Waals surface area contributed by atoms with E-state index in [2.05, 4.69) is 17.2 Å². The second-order valence-electron chi connectivity index (χ2n) is 6.25. The minimum Gasteiger partial charge on any atom is -0.346 e. The van der Waals surface area contributed by atoms with Crippen LogP contribution in [0.15, 0.2) is 12.4 Å². The molecule has 0 spiro atoms. The van der Waals surface area contributed by atoms with E-state index >= 15 is 0 Å². The zero-order valence-electron chi connectivity index (χ0n) is 14.3. The first-order valence-electron chi connectivity index (χ1n) is 8.66. The van der Waals surface area contributed by atoms with Gasteiger partial charge >= 0.3 is 0 Å². The fourth-order valence-corrected chi connectivity index (χ4v) is 3.05. The molecule has 23 heavy (non-hydrogen) atoms. The van der Waals surface area contributed by atoms with Crippen LogP contribution < -0.4 is 5.32 Å². The summed E-state index contributed by atoms with van der Waals surface area (Å²) >= 11 is 0. The number of nitrogens with zero attached hydrogens (tertiary/aromatic N) is 3. The first-order chi connectivity index (χ1) is 11.1. The highest BCUT2D eigenvalue weighted by atomic mass is 16.2. The van der Waals surface area contributed by atoms with E-state index in [1.807, 2.05) is 22.7 Å². The van der Waals surface area contributed by atoms with Gasteiger partial charge in [0.25, 0.3) is 0 Å². The van der Waals surface area contributed by atoms with Gasteiger partial charge in [-0.05, 0) is 19.3 Å². The maximum atomic E-state index is 12.3. The molecule has 1 fully saturated rings. The molecule has 2 heterocycles. The average molecular weight is 320 g/mol. The van der Waals surface area contributed by atoms with Crippen molar-refractivity contribution in [1.82, 2.24) is 19.8 Å². The summed E-state index contributed by atoms with van der Waals surface area (Å²) in [7, 11) is 1.94. The van der Waals surface area contributed by atoms with Crippen LogP contribution in [0.4, 0.5) is 0 Å². The van der Waals surface area contributed by atoms with E-state index in [0.717, 1.165) is 44.5 Å². The van der Waals surface area contributed by atoms with Gasteiger partial charge in [0.1, 0.15) is 5.82 Å². The molecule has 1 aromatic rings. The van der Waals surface area contributed by atoms with Crippen LogP contribution in [0.3, 0.4) is 0 Å². The van der Waals surface area contributed by atoms with Gasteiger partial charge in [0, 0.05) is 45.4 Å². The van der Waals surface area contributed by atoms with Crippen molar-refractivity contribution < 1.29 is 9.59 Å². The van der Waals surface area contributed by atoms with Crippen molar-refractivity contribution in [3.8, 4) is 0 Å². The molecule has 1 aliphatic rings. The number of aryl methyl sites for hydroxylation is 1. The van der Waals surface area contributed by atoms with E-state index in [1.165, 1.54) is 0 Å². The summed E-state index contributed by atoms with van der Waals surface area (Å²) in [5.41, 5.74) is 0. The van der Waals surface area contributed by atoms with Gasteiger partial charge in [0.2, 0.25) is 11.8 Å². The minimum absolute atomic E-state index is 0.0107. The van der Waals surface area contributed by atoms with Crippen LogP contribution in [0.5, 0.6) is 0 Å². The summed E-state index contributed by atoms with van der Waals surface area (Å²) in [5.74, 6) is 1.05. The Morgan fingerprint density at radius 1 is 1.39 bits per heavy atom. The molecule has 2 rings (SSSR count). The smallest absolute Gasteiger partial charge is 0.222 e. The van der Waals surface area contributed by atoms with Crippen LogP contribution >= 0.6 is 0 Å². The highest BCUT2D eigenvalue weighted by molar-refractivity contribution is 5.79. The van der Waals surface area contributed by atoms with Gasteiger partial charge in [-0.25, -0.2) is 4.98 Å². The number of amides is 2. The van der Waals surface area contributed by atoms with Crippen molar-refractivity contribution in [2.45, 2.75) is 57.9 Å². The van der Waals surface area contributed by atoms with Gasteiger partial charge < -0.3 is 14.8 Å². The lowest BCUT2D eigenvalue weighted by Gasteiger charge is -2.22. The predicted octanol–water partition coefficient (Wildman–Crippen LogP) is 2.17. The third-order valence-corrected chi connectivity index (χ3v) is 4.36. The fraction of sp³-hybridized carbons (Fsp3) is 0.706. The first-order valence-corrected chi connectivity index (χ1v) is 8.66. The van der Waals surface area contributed by atoms with Crippen LogP contribution in [0.1, 0.15) is 63.7 Å². The molecule has 6 nitrogen and oxygen atoms in total.